The van der Waals surface area contributed by atoms with Crippen LogP contribution >= 0.6 is 27.5 Å². The van der Waals surface area contributed by atoms with Crippen molar-refractivity contribution in [1.29, 1.82) is 0 Å². The molecule has 0 unspecified atom stereocenters. The highest BCUT2D eigenvalue weighted by Crippen LogP contribution is 2.28. The van der Waals surface area contributed by atoms with E-state index >= 15 is 0 Å². The van der Waals surface area contributed by atoms with Gasteiger partial charge in [0.25, 0.3) is 5.91 Å². The SMILES string of the molecule is CC[C@H](C)NC(=O)[C@@H](Cc1ccccc1)N(Cc1cccc(C)c1)C(=O)COc1ccc(Cl)cc1Br. The number of hydrogen-bond acceptors (Lipinski definition) is 3. The standard InChI is InChI=1S/C29H32BrClN2O3/c1-4-21(3)32-29(35)26(16-22-10-6-5-7-11-22)33(18-23-12-8-9-20(2)15-23)28(34)19-36-27-14-13-24(31)17-25(27)30/h5-15,17,21,26H,4,16,18-19H2,1-3H3,(H,32,35)/t21-,26+/m0/s1. The summed E-state index contributed by atoms with van der Waals surface area (Å²) in [4.78, 5) is 28.8. The van der Waals surface area contributed by atoms with Gasteiger partial charge in [-0.05, 0) is 65.5 Å². The van der Waals surface area contributed by atoms with Crippen LogP contribution in [0, 0.1) is 6.92 Å². The molecule has 5 nitrogen and oxygen atoms in total. The van der Waals surface area contributed by atoms with Crippen molar-refractivity contribution in [1.82, 2.24) is 10.2 Å². The number of amides is 2. The van der Waals surface area contributed by atoms with Crippen molar-refractivity contribution in [2.75, 3.05) is 6.61 Å². The fraction of sp³-hybridized carbons (Fsp3) is 0.310. The number of halogens is 2. The van der Waals surface area contributed by atoms with Crippen molar-refractivity contribution in [2.24, 2.45) is 0 Å². The predicted molar refractivity (Wildman–Crippen MR) is 148 cm³/mol. The highest BCUT2D eigenvalue weighted by molar-refractivity contribution is 9.10. The van der Waals surface area contributed by atoms with Gasteiger partial charge in [0.05, 0.1) is 4.47 Å². The predicted octanol–water partition coefficient (Wildman–Crippen LogP) is 6.34. The fourth-order valence-electron chi connectivity index (χ4n) is 3.82. The van der Waals surface area contributed by atoms with Gasteiger partial charge in [0.1, 0.15) is 11.8 Å². The van der Waals surface area contributed by atoms with Gasteiger partial charge in [-0.3, -0.25) is 9.59 Å². The van der Waals surface area contributed by atoms with E-state index in [1.54, 1.807) is 23.1 Å². The van der Waals surface area contributed by atoms with Gasteiger partial charge in [0, 0.05) is 24.0 Å². The molecular weight excluding hydrogens is 540 g/mol. The minimum Gasteiger partial charge on any atom is -0.483 e. The minimum absolute atomic E-state index is 0.00651. The number of carbonyl (C=O) groups is 2. The van der Waals surface area contributed by atoms with E-state index in [9.17, 15) is 9.59 Å². The maximum absolute atomic E-state index is 13.7. The van der Waals surface area contributed by atoms with Gasteiger partial charge in [-0.2, -0.15) is 0 Å². The molecule has 2 amide bonds. The Hall–Kier alpha value is -2.83. The second kappa shape index (κ2) is 13.5. The first-order chi connectivity index (χ1) is 17.3. The van der Waals surface area contributed by atoms with Crippen LogP contribution in [-0.4, -0.2) is 35.4 Å². The maximum Gasteiger partial charge on any atom is 0.261 e. The first kappa shape index (κ1) is 27.8. The van der Waals surface area contributed by atoms with E-state index in [0.717, 1.165) is 23.1 Å². The summed E-state index contributed by atoms with van der Waals surface area (Å²) in [6.07, 6.45) is 1.19. The molecule has 0 saturated heterocycles. The molecule has 0 aliphatic rings. The van der Waals surface area contributed by atoms with Crippen LogP contribution in [0.5, 0.6) is 5.75 Å². The largest absolute Gasteiger partial charge is 0.483 e. The molecule has 190 valence electrons. The van der Waals surface area contributed by atoms with Gasteiger partial charge in [-0.15, -0.1) is 0 Å². The van der Waals surface area contributed by atoms with Crippen molar-refractivity contribution in [3.05, 3.63) is 99.0 Å². The Balaban J connectivity index is 1.92. The van der Waals surface area contributed by atoms with Gasteiger partial charge in [0.2, 0.25) is 5.91 Å². The van der Waals surface area contributed by atoms with Gasteiger partial charge in [-0.25, -0.2) is 0 Å². The molecule has 2 atom stereocenters. The third-order valence-corrected chi connectivity index (χ3v) is 6.81. The lowest BCUT2D eigenvalue weighted by atomic mass is 10.0. The zero-order valence-corrected chi connectivity index (χ0v) is 23.2. The van der Waals surface area contributed by atoms with Gasteiger partial charge >= 0.3 is 0 Å². The van der Waals surface area contributed by atoms with E-state index in [1.165, 1.54) is 0 Å². The molecule has 0 aromatic heterocycles. The van der Waals surface area contributed by atoms with Crippen LogP contribution in [0.15, 0.2) is 77.3 Å². The fourth-order valence-corrected chi connectivity index (χ4v) is 4.61. The van der Waals surface area contributed by atoms with Gasteiger partial charge < -0.3 is 15.0 Å². The smallest absolute Gasteiger partial charge is 0.261 e. The second-order valence-electron chi connectivity index (χ2n) is 8.90. The number of hydrogen-bond donors (Lipinski definition) is 1. The topological polar surface area (TPSA) is 58.6 Å². The summed E-state index contributed by atoms with van der Waals surface area (Å²) in [7, 11) is 0. The summed E-state index contributed by atoms with van der Waals surface area (Å²) >= 11 is 9.46. The summed E-state index contributed by atoms with van der Waals surface area (Å²) in [5, 5.41) is 3.64. The van der Waals surface area contributed by atoms with E-state index < -0.39 is 6.04 Å². The molecule has 0 aliphatic heterocycles. The molecule has 0 spiro atoms. The van der Waals surface area contributed by atoms with E-state index in [4.69, 9.17) is 16.3 Å². The first-order valence-corrected chi connectivity index (χ1v) is 13.2. The molecule has 0 bridgehead atoms. The van der Waals surface area contributed by atoms with Crippen molar-refractivity contribution in [3.8, 4) is 5.75 Å². The third kappa shape index (κ3) is 8.10. The first-order valence-electron chi connectivity index (χ1n) is 12.0. The zero-order chi connectivity index (χ0) is 26.1. The van der Waals surface area contributed by atoms with Gasteiger partial charge in [-0.1, -0.05) is 78.7 Å². The summed E-state index contributed by atoms with van der Waals surface area (Å²) < 4.78 is 6.51. The Labute approximate surface area is 226 Å². The Bertz CT molecular complexity index is 1170. The average Bonchev–Trinajstić information content (AvgIpc) is 2.86. The quantitative estimate of drug-likeness (QED) is 0.292. The van der Waals surface area contributed by atoms with Crippen LogP contribution in [0.1, 0.15) is 37.0 Å². The normalized spacial score (nSPS) is 12.5. The van der Waals surface area contributed by atoms with Crippen LogP contribution in [0.2, 0.25) is 5.02 Å². The summed E-state index contributed by atoms with van der Waals surface area (Å²) in [5.74, 6) is 0.0485. The Kier molecular flexibility index (Phi) is 10.4. The van der Waals surface area contributed by atoms with Crippen LogP contribution in [-0.2, 0) is 22.6 Å². The monoisotopic (exact) mass is 570 g/mol. The number of carbonyl (C=O) groups excluding carboxylic acids is 2. The van der Waals surface area contributed by atoms with Crippen molar-refractivity contribution < 1.29 is 14.3 Å². The highest BCUT2D eigenvalue weighted by Gasteiger charge is 2.31. The summed E-state index contributed by atoms with van der Waals surface area (Å²) in [5.41, 5.74) is 3.01. The second-order valence-corrected chi connectivity index (χ2v) is 10.2. The third-order valence-electron chi connectivity index (χ3n) is 5.95. The number of nitrogens with one attached hydrogen (secondary N) is 1. The molecule has 0 radical (unpaired) electrons. The Morgan fingerprint density at radius 2 is 1.75 bits per heavy atom. The van der Waals surface area contributed by atoms with E-state index in [0.29, 0.717) is 21.7 Å². The molecule has 3 rings (SSSR count). The zero-order valence-electron chi connectivity index (χ0n) is 20.8. The molecule has 0 saturated carbocycles. The molecule has 0 fully saturated rings. The molecular formula is C29H32BrClN2O3. The lowest BCUT2D eigenvalue weighted by molar-refractivity contribution is -0.143. The highest BCUT2D eigenvalue weighted by atomic mass is 79.9. The summed E-state index contributed by atoms with van der Waals surface area (Å²) in [6, 6.07) is 22.1. The van der Waals surface area contributed by atoms with E-state index in [-0.39, 0.29) is 31.0 Å². The lowest BCUT2D eigenvalue weighted by Crippen LogP contribution is -2.53. The molecule has 0 aliphatic carbocycles. The Morgan fingerprint density at radius 3 is 2.42 bits per heavy atom. The van der Waals surface area contributed by atoms with Crippen LogP contribution < -0.4 is 10.1 Å². The molecule has 3 aromatic rings. The Morgan fingerprint density at radius 1 is 1.03 bits per heavy atom. The van der Waals surface area contributed by atoms with Crippen molar-refractivity contribution >= 4 is 39.3 Å². The number of benzene rings is 3. The van der Waals surface area contributed by atoms with Crippen LogP contribution in [0.4, 0.5) is 0 Å². The van der Waals surface area contributed by atoms with Crippen LogP contribution in [0.25, 0.3) is 0 Å². The minimum atomic E-state index is -0.702. The van der Waals surface area contributed by atoms with Crippen molar-refractivity contribution in [3.63, 3.8) is 0 Å². The average molecular weight is 572 g/mol. The number of ether oxygens (including phenoxy) is 1. The molecule has 36 heavy (non-hydrogen) atoms. The van der Waals surface area contributed by atoms with Crippen molar-refractivity contribution in [2.45, 2.75) is 52.2 Å². The number of aryl methyl sites for hydroxylation is 1. The number of rotatable bonds is 11. The molecule has 1 N–H and O–H groups in total. The molecule has 0 heterocycles. The lowest BCUT2D eigenvalue weighted by Gasteiger charge is -2.32. The maximum atomic E-state index is 13.7. The van der Waals surface area contributed by atoms with Gasteiger partial charge in [0.15, 0.2) is 6.61 Å². The number of nitrogens with zero attached hydrogens (tertiary/aromatic N) is 1. The van der Waals surface area contributed by atoms with E-state index in [2.05, 4.69) is 21.2 Å². The van der Waals surface area contributed by atoms with Crippen LogP contribution in [0.3, 0.4) is 0 Å². The molecule has 3 aromatic carbocycles. The summed E-state index contributed by atoms with van der Waals surface area (Å²) in [6.45, 7) is 6.06. The van der Waals surface area contributed by atoms with E-state index in [1.807, 2.05) is 75.4 Å². The molecule has 7 heteroatoms.